The zero-order chi connectivity index (χ0) is 12.0. The molecule has 1 aliphatic rings. The van der Waals surface area contributed by atoms with E-state index in [1.54, 1.807) is 0 Å². The highest BCUT2D eigenvalue weighted by Gasteiger charge is 2.19. The number of alkyl halides is 1. The smallest absolute Gasteiger partial charge is 0.0557 e. The monoisotopic (exact) mass is 306 g/mol. The van der Waals surface area contributed by atoms with E-state index in [2.05, 4.69) is 52.3 Å². The molecule has 2 heteroatoms. The molecule has 0 N–H and O–H groups in total. The minimum absolute atomic E-state index is 0.0794. The molecule has 0 aliphatic heterocycles. The van der Waals surface area contributed by atoms with Gasteiger partial charge in [-0.1, -0.05) is 40.2 Å². The van der Waals surface area contributed by atoms with Crippen molar-refractivity contribution in [1.29, 1.82) is 0 Å². The Bertz CT molecular complexity index is 587. The van der Waals surface area contributed by atoms with Crippen LogP contribution in [-0.4, -0.2) is 0 Å². The fraction of sp³-hybridized carbons (Fsp3) is 0.200. The van der Waals surface area contributed by atoms with Gasteiger partial charge in [0.1, 0.15) is 0 Å². The molecule has 1 aliphatic carbocycles. The quantitative estimate of drug-likeness (QED) is 0.534. The van der Waals surface area contributed by atoms with E-state index in [1.807, 2.05) is 6.92 Å². The lowest BCUT2D eigenvalue weighted by Crippen LogP contribution is -1.87. The molecule has 0 nitrogen and oxygen atoms in total. The highest BCUT2D eigenvalue weighted by molar-refractivity contribution is 9.10. The summed E-state index contributed by atoms with van der Waals surface area (Å²) in [6, 6.07) is 13.1. The molecule has 86 valence electrons. The van der Waals surface area contributed by atoms with Crippen LogP contribution in [0.1, 0.15) is 29.0 Å². The summed E-state index contributed by atoms with van der Waals surface area (Å²) in [7, 11) is 0. The first-order valence-electron chi connectivity index (χ1n) is 5.71. The number of benzene rings is 2. The fourth-order valence-electron chi connectivity index (χ4n) is 2.45. The fourth-order valence-corrected chi connectivity index (χ4v) is 2.99. The van der Waals surface area contributed by atoms with Crippen LogP contribution in [0.2, 0.25) is 0 Å². The van der Waals surface area contributed by atoms with Crippen LogP contribution in [0.15, 0.2) is 40.9 Å². The standard InChI is InChI=1S/C15H12BrCl/c1-9(17)10-2-4-14-11(6-10)7-12-8-13(16)3-5-15(12)14/h2-6,8-9H,7H2,1H3. The maximum atomic E-state index is 6.13. The third kappa shape index (κ3) is 1.92. The van der Waals surface area contributed by atoms with E-state index < -0.39 is 0 Å². The molecule has 2 aromatic rings. The van der Waals surface area contributed by atoms with Gasteiger partial charge in [0.15, 0.2) is 0 Å². The van der Waals surface area contributed by atoms with E-state index in [9.17, 15) is 0 Å². The van der Waals surface area contributed by atoms with Crippen molar-refractivity contribution in [2.24, 2.45) is 0 Å². The lowest BCUT2D eigenvalue weighted by molar-refractivity contribution is 1.07. The summed E-state index contributed by atoms with van der Waals surface area (Å²) in [6.07, 6.45) is 1.02. The molecule has 0 spiro atoms. The van der Waals surface area contributed by atoms with Crippen LogP contribution in [0.5, 0.6) is 0 Å². The van der Waals surface area contributed by atoms with Crippen molar-refractivity contribution in [3.63, 3.8) is 0 Å². The number of fused-ring (bicyclic) bond motifs is 3. The first-order chi connectivity index (χ1) is 8.15. The van der Waals surface area contributed by atoms with Gasteiger partial charge in [-0.05, 0) is 53.3 Å². The van der Waals surface area contributed by atoms with Gasteiger partial charge in [-0.25, -0.2) is 0 Å². The first kappa shape index (κ1) is 11.3. The Morgan fingerprint density at radius 2 is 1.71 bits per heavy atom. The van der Waals surface area contributed by atoms with Crippen molar-refractivity contribution in [2.45, 2.75) is 18.7 Å². The van der Waals surface area contributed by atoms with Crippen LogP contribution in [0.4, 0.5) is 0 Å². The van der Waals surface area contributed by atoms with Crippen LogP contribution < -0.4 is 0 Å². The molecular weight excluding hydrogens is 296 g/mol. The van der Waals surface area contributed by atoms with E-state index in [0.29, 0.717) is 0 Å². The van der Waals surface area contributed by atoms with Crippen molar-refractivity contribution in [2.75, 3.05) is 0 Å². The minimum Gasteiger partial charge on any atom is -0.118 e. The molecule has 1 unspecified atom stereocenters. The van der Waals surface area contributed by atoms with Crippen molar-refractivity contribution in [3.8, 4) is 11.1 Å². The number of halogens is 2. The van der Waals surface area contributed by atoms with Gasteiger partial charge in [0, 0.05) is 4.47 Å². The molecule has 0 saturated carbocycles. The van der Waals surface area contributed by atoms with Gasteiger partial charge in [0.05, 0.1) is 5.38 Å². The molecule has 0 aromatic heterocycles. The Balaban J connectivity index is 2.12. The van der Waals surface area contributed by atoms with Gasteiger partial charge in [0.25, 0.3) is 0 Å². The van der Waals surface area contributed by atoms with Gasteiger partial charge in [-0.3, -0.25) is 0 Å². The molecule has 2 aromatic carbocycles. The molecule has 0 radical (unpaired) electrons. The zero-order valence-corrected chi connectivity index (χ0v) is 11.8. The maximum absolute atomic E-state index is 6.13. The number of rotatable bonds is 1. The summed E-state index contributed by atoms with van der Waals surface area (Å²) in [5.41, 5.74) is 6.71. The SMILES string of the molecule is CC(Cl)c1ccc2c(c1)Cc1cc(Br)ccc1-2. The predicted molar refractivity (Wildman–Crippen MR) is 76.7 cm³/mol. The van der Waals surface area contributed by atoms with Gasteiger partial charge in [0.2, 0.25) is 0 Å². The van der Waals surface area contributed by atoms with E-state index in [1.165, 1.54) is 27.8 Å². The van der Waals surface area contributed by atoms with Crippen molar-refractivity contribution >= 4 is 27.5 Å². The van der Waals surface area contributed by atoms with Crippen LogP contribution in [-0.2, 0) is 6.42 Å². The topological polar surface area (TPSA) is 0 Å². The summed E-state index contributed by atoms with van der Waals surface area (Å²) >= 11 is 9.66. The highest BCUT2D eigenvalue weighted by Crippen LogP contribution is 2.39. The van der Waals surface area contributed by atoms with E-state index in [4.69, 9.17) is 11.6 Å². The van der Waals surface area contributed by atoms with Crippen molar-refractivity contribution < 1.29 is 0 Å². The molecule has 3 rings (SSSR count). The summed E-state index contributed by atoms with van der Waals surface area (Å²) in [5, 5.41) is 0.0794. The first-order valence-corrected chi connectivity index (χ1v) is 6.94. The van der Waals surface area contributed by atoms with E-state index in [-0.39, 0.29) is 5.38 Å². The summed E-state index contributed by atoms with van der Waals surface area (Å²) in [4.78, 5) is 0. The van der Waals surface area contributed by atoms with Gasteiger partial charge >= 0.3 is 0 Å². The summed E-state index contributed by atoms with van der Waals surface area (Å²) in [6.45, 7) is 2.02. The molecule has 1 atom stereocenters. The van der Waals surface area contributed by atoms with Gasteiger partial charge in [-0.15, -0.1) is 11.6 Å². The van der Waals surface area contributed by atoms with Crippen molar-refractivity contribution in [3.05, 3.63) is 57.6 Å². The number of hydrogen-bond acceptors (Lipinski definition) is 0. The third-order valence-corrected chi connectivity index (χ3v) is 4.07. The largest absolute Gasteiger partial charge is 0.118 e. The molecule has 17 heavy (non-hydrogen) atoms. The lowest BCUT2D eigenvalue weighted by Gasteiger charge is -2.06. The summed E-state index contributed by atoms with van der Waals surface area (Å²) < 4.78 is 1.15. The average molecular weight is 308 g/mol. The Labute approximate surface area is 115 Å². The normalized spacial score (nSPS) is 14.3. The van der Waals surface area contributed by atoms with Crippen LogP contribution in [0, 0.1) is 0 Å². The second-order valence-electron chi connectivity index (χ2n) is 4.51. The highest BCUT2D eigenvalue weighted by atomic mass is 79.9. The average Bonchev–Trinajstić information content (AvgIpc) is 2.64. The van der Waals surface area contributed by atoms with Crippen LogP contribution >= 0.6 is 27.5 Å². The van der Waals surface area contributed by atoms with Crippen LogP contribution in [0.25, 0.3) is 11.1 Å². The van der Waals surface area contributed by atoms with E-state index >= 15 is 0 Å². The molecule has 0 amide bonds. The molecule has 0 saturated heterocycles. The summed E-state index contributed by atoms with van der Waals surface area (Å²) in [5.74, 6) is 0. The Kier molecular flexibility index (Phi) is 2.76. The molecular formula is C15H12BrCl. The lowest BCUT2D eigenvalue weighted by atomic mass is 10.0. The Morgan fingerprint density at radius 3 is 2.41 bits per heavy atom. The van der Waals surface area contributed by atoms with Crippen LogP contribution in [0.3, 0.4) is 0 Å². The van der Waals surface area contributed by atoms with E-state index in [0.717, 1.165) is 10.9 Å². The number of hydrogen-bond donors (Lipinski definition) is 0. The second-order valence-corrected chi connectivity index (χ2v) is 6.08. The Morgan fingerprint density at radius 1 is 1.06 bits per heavy atom. The third-order valence-electron chi connectivity index (χ3n) is 3.33. The van der Waals surface area contributed by atoms with Gasteiger partial charge < -0.3 is 0 Å². The molecule has 0 heterocycles. The minimum atomic E-state index is 0.0794. The second kappa shape index (κ2) is 4.15. The molecule has 0 fully saturated rings. The molecule has 0 bridgehead atoms. The van der Waals surface area contributed by atoms with Gasteiger partial charge in [-0.2, -0.15) is 0 Å². The van der Waals surface area contributed by atoms with Crippen molar-refractivity contribution in [1.82, 2.24) is 0 Å². The predicted octanol–water partition coefficient (Wildman–Crippen LogP) is 5.32. The Hall–Kier alpha value is -0.790. The maximum Gasteiger partial charge on any atom is 0.0557 e. The zero-order valence-electron chi connectivity index (χ0n) is 9.50.